The number of hydrogen-bond donors (Lipinski definition) is 3. The number of nitrogens with one attached hydrogen (secondary N) is 1. The van der Waals surface area contributed by atoms with Gasteiger partial charge < -0.3 is 20.9 Å². The number of ether oxygens (including phenoxy) is 1. The van der Waals surface area contributed by atoms with Gasteiger partial charge in [0.05, 0.1) is 13.7 Å². The van der Waals surface area contributed by atoms with Crippen molar-refractivity contribution in [3.63, 3.8) is 0 Å². The summed E-state index contributed by atoms with van der Waals surface area (Å²) in [7, 11) is 1.15. The summed E-state index contributed by atoms with van der Waals surface area (Å²) in [4.78, 5) is 22.3. The third-order valence-corrected chi connectivity index (χ3v) is 1.95. The Morgan fingerprint density at radius 2 is 2.13 bits per heavy atom. The normalized spacial score (nSPS) is 14.1. The SMILES string of the molecule is CCCCC(O)(NC(=O)CN)C(=O)OC. The van der Waals surface area contributed by atoms with Crippen LogP contribution in [0, 0.1) is 0 Å². The molecule has 0 aromatic carbocycles. The summed E-state index contributed by atoms with van der Waals surface area (Å²) in [5.41, 5.74) is 3.12. The predicted octanol–water partition coefficient (Wildman–Crippen LogP) is -0.887. The molecular formula is C9H18N2O4. The van der Waals surface area contributed by atoms with E-state index in [4.69, 9.17) is 5.73 Å². The van der Waals surface area contributed by atoms with Crippen molar-refractivity contribution >= 4 is 11.9 Å². The lowest BCUT2D eigenvalue weighted by Crippen LogP contribution is -2.56. The van der Waals surface area contributed by atoms with Gasteiger partial charge in [0.25, 0.3) is 0 Å². The highest BCUT2D eigenvalue weighted by Gasteiger charge is 2.37. The molecule has 0 spiro atoms. The fourth-order valence-electron chi connectivity index (χ4n) is 1.10. The quantitative estimate of drug-likeness (QED) is 0.396. The van der Waals surface area contributed by atoms with Crippen LogP contribution < -0.4 is 11.1 Å². The minimum atomic E-state index is -1.96. The smallest absolute Gasteiger partial charge is 0.359 e. The fraction of sp³-hybridized carbons (Fsp3) is 0.778. The van der Waals surface area contributed by atoms with Gasteiger partial charge in [0, 0.05) is 6.42 Å². The van der Waals surface area contributed by atoms with Gasteiger partial charge in [0.2, 0.25) is 11.6 Å². The van der Waals surface area contributed by atoms with Crippen LogP contribution in [0.15, 0.2) is 0 Å². The zero-order valence-electron chi connectivity index (χ0n) is 9.08. The van der Waals surface area contributed by atoms with Gasteiger partial charge in [-0.1, -0.05) is 13.3 Å². The van der Waals surface area contributed by atoms with E-state index in [1.165, 1.54) is 0 Å². The van der Waals surface area contributed by atoms with E-state index in [1.54, 1.807) is 0 Å². The Kier molecular flexibility index (Phi) is 5.88. The highest BCUT2D eigenvalue weighted by atomic mass is 16.5. The summed E-state index contributed by atoms with van der Waals surface area (Å²) < 4.78 is 4.41. The monoisotopic (exact) mass is 218 g/mol. The number of carbonyl (C=O) groups excluding carboxylic acids is 2. The Bertz CT molecular complexity index is 232. The molecule has 4 N–H and O–H groups in total. The highest BCUT2D eigenvalue weighted by Crippen LogP contribution is 2.12. The summed E-state index contributed by atoms with van der Waals surface area (Å²) in [6.45, 7) is 1.62. The van der Waals surface area contributed by atoms with Crippen LogP contribution in [0.25, 0.3) is 0 Å². The van der Waals surface area contributed by atoms with Crippen molar-refractivity contribution in [1.29, 1.82) is 0 Å². The van der Waals surface area contributed by atoms with Crippen molar-refractivity contribution in [1.82, 2.24) is 5.32 Å². The first-order valence-corrected chi connectivity index (χ1v) is 4.82. The topological polar surface area (TPSA) is 102 Å². The molecule has 0 bridgehead atoms. The van der Waals surface area contributed by atoms with E-state index in [1.807, 2.05) is 6.92 Å². The van der Waals surface area contributed by atoms with Crippen LogP contribution in [0.1, 0.15) is 26.2 Å². The molecule has 0 heterocycles. The number of esters is 1. The number of nitrogens with two attached hydrogens (primary N) is 1. The first-order valence-electron chi connectivity index (χ1n) is 4.82. The lowest BCUT2D eigenvalue weighted by Gasteiger charge is -2.25. The zero-order chi connectivity index (χ0) is 11.9. The summed E-state index contributed by atoms with van der Waals surface area (Å²) in [6.07, 6.45) is 1.50. The van der Waals surface area contributed by atoms with Crippen molar-refractivity contribution in [3.8, 4) is 0 Å². The Morgan fingerprint density at radius 3 is 2.53 bits per heavy atom. The van der Waals surface area contributed by atoms with Gasteiger partial charge in [0.1, 0.15) is 0 Å². The number of rotatable bonds is 6. The number of hydrogen-bond acceptors (Lipinski definition) is 5. The Balaban J connectivity index is 4.53. The van der Waals surface area contributed by atoms with E-state index in [2.05, 4.69) is 10.1 Å². The number of carbonyl (C=O) groups is 2. The standard InChI is InChI=1S/C9H18N2O4/c1-3-4-5-9(14,8(13)15-2)11-7(12)6-10/h14H,3-6,10H2,1-2H3,(H,11,12). The van der Waals surface area contributed by atoms with Gasteiger partial charge in [-0.2, -0.15) is 0 Å². The average Bonchev–Trinajstić information content (AvgIpc) is 2.24. The van der Waals surface area contributed by atoms with Crippen molar-refractivity contribution in [3.05, 3.63) is 0 Å². The molecule has 1 unspecified atom stereocenters. The third kappa shape index (κ3) is 4.26. The molecule has 0 aliphatic rings. The molecule has 0 aliphatic heterocycles. The first-order chi connectivity index (χ1) is 7.00. The maximum Gasteiger partial charge on any atom is 0.359 e. The highest BCUT2D eigenvalue weighted by molar-refractivity contribution is 5.87. The largest absolute Gasteiger partial charge is 0.465 e. The van der Waals surface area contributed by atoms with Crippen LogP contribution in [0.5, 0.6) is 0 Å². The van der Waals surface area contributed by atoms with Gasteiger partial charge in [-0.15, -0.1) is 0 Å². The van der Waals surface area contributed by atoms with Crippen LogP contribution in [0.3, 0.4) is 0 Å². The fourth-order valence-corrected chi connectivity index (χ4v) is 1.10. The maximum absolute atomic E-state index is 11.3. The molecular weight excluding hydrogens is 200 g/mol. The average molecular weight is 218 g/mol. The molecule has 0 saturated heterocycles. The van der Waals surface area contributed by atoms with E-state index in [9.17, 15) is 14.7 Å². The molecule has 1 atom stereocenters. The third-order valence-electron chi connectivity index (χ3n) is 1.95. The molecule has 0 aliphatic carbocycles. The van der Waals surface area contributed by atoms with Crippen LogP contribution >= 0.6 is 0 Å². The second-order valence-electron chi connectivity index (χ2n) is 3.21. The summed E-state index contributed by atoms with van der Waals surface area (Å²) in [5, 5.41) is 12.0. The van der Waals surface area contributed by atoms with E-state index in [0.29, 0.717) is 6.42 Å². The van der Waals surface area contributed by atoms with Crippen LogP contribution in [-0.2, 0) is 14.3 Å². The molecule has 6 nitrogen and oxygen atoms in total. The van der Waals surface area contributed by atoms with E-state index >= 15 is 0 Å². The van der Waals surface area contributed by atoms with Crippen molar-refractivity contribution in [2.75, 3.05) is 13.7 Å². The molecule has 15 heavy (non-hydrogen) atoms. The minimum absolute atomic E-state index is 0.113. The van der Waals surface area contributed by atoms with Gasteiger partial charge in [0.15, 0.2) is 0 Å². The van der Waals surface area contributed by atoms with E-state index in [0.717, 1.165) is 13.5 Å². The lowest BCUT2D eigenvalue weighted by atomic mass is 10.1. The molecule has 88 valence electrons. The van der Waals surface area contributed by atoms with Gasteiger partial charge >= 0.3 is 5.97 Å². The number of methoxy groups -OCH3 is 1. The maximum atomic E-state index is 11.3. The summed E-state index contributed by atoms with van der Waals surface area (Å²) in [5.74, 6) is -1.48. The molecule has 0 radical (unpaired) electrons. The first kappa shape index (κ1) is 13.9. The van der Waals surface area contributed by atoms with Crippen molar-refractivity contribution < 1.29 is 19.4 Å². The Labute approximate surface area is 88.8 Å². The van der Waals surface area contributed by atoms with Crippen LogP contribution in [0.2, 0.25) is 0 Å². The van der Waals surface area contributed by atoms with Crippen LogP contribution in [0.4, 0.5) is 0 Å². The van der Waals surface area contributed by atoms with Crippen molar-refractivity contribution in [2.45, 2.75) is 31.9 Å². The molecule has 0 rings (SSSR count). The second-order valence-corrected chi connectivity index (χ2v) is 3.21. The van der Waals surface area contributed by atoms with E-state index in [-0.39, 0.29) is 13.0 Å². The molecule has 0 aromatic rings. The number of amides is 1. The zero-order valence-corrected chi connectivity index (χ0v) is 9.08. The number of unbranched alkanes of at least 4 members (excludes halogenated alkanes) is 1. The number of aliphatic hydroxyl groups is 1. The van der Waals surface area contributed by atoms with Gasteiger partial charge in [-0.3, -0.25) is 4.79 Å². The molecule has 1 amide bonds. The Morgan fingerprint density at radius 1 is 1.53 bits per heavy atom. The molecule has 0 aromatic heterocycles. The van der Waals surface area contributed by atoms with E-state index < -0.39 is 17.6 Å². The van der Waals surface area contributed by atoms with Crippen molar-refractivity contribution in [2.24, 2.45) is 5.73 Å². The minimum Gasteiger partial charge on any atom is -0.465 e. The van der Waals surface area contributed by atoms with Gasteiger partial charge in [-0.25, -0.2) is 4.79 Å². The molecule has 0 fully saturated rings. The van der Waals surface area contributed by atoms with Gasteiger partial charge in [-0.05, 0) is 6.42 Å². The molecule has 6 heteroatoms. The predicted molar refractivity (Wildman–Crippen MR) is 53.7 cm³/mol. The second kappa shape index (κ2) is 6.36. The molecule has 0 saturated carbocycles. The Hall–Kier alpha value is -1.14. The lowest BCUT2D eigenvalue weighted by molar-refractivity contribution is -0.169. The summed E-state index contributed by atoms with van der Waals surface area (Å²) in [6, 6.07) is 0. The summed E-state index contributed by atoms with van der Waals surface area (Å²) >= 11 is 0. The van der Waals surface area contributed by atoms with Crippen LogP contribution in [-0.4, -0.2) is 36.4 Å².